The highest BCUT2D eigenvalue weighted by Crippen LogP contribution is 2.26. The zero-order chi connectivity index (χ0) is 19.5. The van der Waals surface area contributed by atoms with Crippen LogP contribution in [0.1, 0.15) is 5.56 Å². The zero-order valence-corrected chi connectivity index (χ0v) is 16.1. The quantitative estimate of drug-likeness (QED) is 0.800. The number of benzene rings is 1. The molecule has 2 aliphatic heterocycles. The molecule has 8 heteroatoms. The van der Waals surface area contributed by atoms with Gasteiger partial charge in [-0.15, -0.1) is 0 Å². The van der Waals surface area contributed by atoms with E-state index in [4.69, 9.17) is 0 Å². The van der Waals surface area contributed by atoms with Crippen molar-refractivity contribution in [1.82, 2.24) is 14.9 Å². The van der Waals surface area contributed by atoms with Crippen LogP contribution < -0.4 is 14.7 Å². The van der Waals surface area contributed by atoms with Gasteiger partial charge in [0.25, 0.3) is 0 Å². The van der Waals surface area contributed by atoms with Crippen LogP contribution in [0.3, 0.4) is 0 Å². The molecule has 0 aliphatic carbocycles. The van der Waals surface area contributed by atoms with Gasteiger partial charge >= 0.3 is 0 Å². The minimum atomic E-state index is -0.341. The van der Waals surface area contributed by atoms with Crippen molar-refractivity contribution >= 4 is 17.3 Å². The molecule has 0 unspecified atom stereocenters. The predicted molar refractivity (Wildman–Crippen MR) is 107 cm³/mol. The van der Waals surface area contributed by atoms with Crippen molar-refractivity contribution in [3.8, 4) is 6.07 Å². The summed E-state index contributed by atoms with van der Waals surface area (Å²) in [5.74, 6) is 1.52. The smallest absolute Gasteiger partial charge is 0.147 e. The number of piperazine rings is 2. The van der Waals surface area contributed by atoms with Crippen LogP contribution in [0.15, 0.2) is 30.6 Å². The van der Waals surface area contributed by atoms with Crippen LogP contribution in [0.25, 0.3) is 0 Å². The molecule has 0 atom stereocenters. The van der Waals surface area contributed by atoms with Crippen molar-refractivity contribution in [3.05, 3.63) is 42.0 Å². The molecule has 2 saturated heterocycles. The van der Waals surface area contributed by atoms with Crippen molar-refractivity contribution in [2.45, 2.75) is 0 Å². The number of hydrogen-bond acceptors (Lipinski definition) is 7. The average molecular weight is 381 g/mol. The molecule has 0 saturated carbocycles. The van der Waals surface area contributed by atoms with Gasteiger partial charge in [0.15, 0.2) is 0 Å². The van der Waals surface area contributed by atoms with Crippen molar-refractivity contribution in [2.24, 2.45) is 0 Å². The number of aromatic nitrogens is 2. The standard InChI is InChI=1S/C20H24FN7/c1-25-5-7-26(8-6-25)18-13-19(24-15-23-18)27-9-11-28(12-10-27)20-16(14-22)3-2-4-17(20)21/h2-4,13,15H,5-12H2,1H3. The summed E-state index contributed by atoms with van der Waals surface area (Å²) in [5.41, 5.74) is 0.790. The molecular formula is C20H24FN7. The van der Waals surface area contributed by atoms with Crippen LogP contribution in [0.4, 0.5) is 21.7 Å². The summed E-state index contributed by atoms with van der Waals surface area (Å²) in [5, 5.41) is 9.30. The van der Waals surface area contributed by atoms with E-state index in [9.17, 15) is 9.65 Å². The van der Waals surface area contributed by atoms with E-state index >= 15 is 0 Å². The maximum Gasteiger partial charge on any atom is 0.147 e. The molecule has 4 rings (SSSR count). The lowest BCUT2D eigenvalue weighted by molar-refractivity contribution is 0.312. The summed E-state index contributed by atoms with van der Waals surface area (Å²) in [6.45, 7) is 6.71. The molecule has 1 aromatic heterocycles. The van der Waals surface area contributed by atoms with E-state index in [1.165, 1.54) is 6.07 Å². The Balaban J connectivity index is 1.45. The van der Waals surface area contributed by atoms with Crippen LogP contribution in [-0.2, 0) is 0 Å². The first kappa shape index (κ1) is 18.4. The maximum atomic E-state index is 14.3. The first-order valence-corrected chi connectivity index (χ1v) is 9.60. The van der Waals surface area contributed by atoms with Crippen LogP contribution in [0, 0.1) is 17.1 Å². The van der Waals surface area contributed by atoms with Gasteiger partial charge in [0.2, 0.25) is 0 Å². The number of anilines is 3. The maximum absolute atomic E-state index is 14.3. The summed E-state index contributed by atoms with van der Waals surface area (Å²) in [6, 6.07) is 8.80. The largest absolute Gasteiger partial charge is 0.365 e. The van der Waals surface area contributed by atoms with E-state index < -0.39 is 0 Å². The Morgan fingerprint density at radius 2 is 1.46 bits per heavy atom. The lowest BCUT2D eigenvalue weighted by Crippen LogP contribution is -2.47. The Bertz CT molecular complexity index is 865. The van der Waals surface area contributed by atoms with E-state index in [0.29, 0.717) is 24.3 Å². The third-order valence-electron chi connectivity index (χ3n) is 5.49. The number of rotatable bonds is 3. The fourth-order valence-electron chi connectivity index (χ4n) is 3.80. The number of halogens is 1. The van der Waals surface area contributed by atoms with Crippen LogP contribution in [0.2, 0.25) is 0 Å². The second-order valence-corrected chi connectivity index (χ2v) is 7.25. The third-order valence-corrected chi connectivity index (χ3v) is 5.49. The third kappa shape index (κ3) is 3.71. The molecular weight excluding hydrogens is 357 g/mol. The molecule has 2 fully saturated rings. The minimum absolute atomic E-state index is 0.341. The SMILES string of the molecule is CN1CCN(c2cc(N3CCN(c4c(F)cccc4C#N)CC3)ncn2)CC1. The van der Waals surface area contributed by atoms with Gasteiger partial charge in [-0.05, 0) is 19.2 Å². The van der Waals surface area contributed by atoms with Gasteiger partial charge in [-0.1, -0.05) is 6.07 Å². The number of nitriles is 1. The molecule has 0 radical (unpaired) electrons. The van der Waals surface area contributed by atoms with E-state index in [1.807, 2.05) is 11.0 Å². The van der Waals surface area contributed by atoms with Crippen LogP contribution in [-0.4, -0.2) is 74.3 Å². The molecule has 2 aromatic rings. The molecule has 146 valence electrons. The molecule has 2 aliphatic rings. The molecule has 0 amide bonds. The molecule has 0 N–H and O–H groups in total. The number of hydrogen-bond donors (Lipinski definition) is 0. The number of nitrogens with zero attached hydrogens (tertiary/aromatic N) is 7. The first-order valence-electron chi connectivity index (χ1n) is 9.60. The van der Waals surface area contributed by atoms with E-state index in [0.717, 1.165) is 50.9 Å². The van der Waals surface area contributed by atoms with E-state index in [1.54, 1.807) is 18.5 Å². The van der Waals surface area contributed by atoms with Crippen molar-refractivity contribution in [1.29, 1.82) is 5.26 Å². The average Bonchev–Trinajstić information content (AvgIpc) is 2.74. The van der Waals surface area contributed by atoms with Crippen molar-refractivity contribution in [3.63, 3.8) is 0 Å². The monoisotopic (exact) mass is 381 g/mol. The second kappa shape index (κ2) is 7.98. The lowest BCUT2D eigenvalue weighted by Gasteiger charge is -2.37. The highest BCUT2D eigenvalue weighted by Gasteiger charge is 2.24. The van der Waals surface area contributed by atoms with Crippen molar-refractivity contribution in [2.75, 3.05) is 74.1 Å². The zero-order valence-electron chi connectivity index (χ0n) is 16.1. The van der Waals surface area contributed by atoms with Crippen molar-refractivity contribution < 1.29 is 4.39 Å². The Hall–Kier alpha value is -2.92. The number of para-hydroxylation sites is 1. The summed E-state index contributed by atoms with van der Waals surface area (Å²) in [4.78, 5) is 17.7. The van der Waals surface area contributed by atoms with E-state index in [-0.39, 0.29) is 5.82 Å². The highest BCUT2D eigenvalue weighted by atomic mass is 19.1. The van der Waals surface area contributed by atoms with Gasteiger partial charge in [-0.2, -0.15) is 5.26 Å². The predicted octanol–water partition coefficient (Wildman–Crippen LogP) is 1.57. The van der Waals surface area contributed by atoms with Gasteiger partial charge in [0.05, 0.1) is 11.3 Å². The molecule has 28 heavy (non-hydrogen) atoms. The topological polar surface area (TPSA) is 62.5 Å². The molecule has 0 bridgehead atoms. The Morgan fingerprint density at radius 3 is 2.07 bits per heavy atom. The van der Waals surface area contributed by atoms with Gasteiger partial charge < -0.3 is 19.6 Å². The van der Waals surface area contributed by atoms with Gasteiger partial charge in [-0.3, -0.25) is 0 Å². The Kier molecular flexibility index (Phi) is 5.26. The first-order chi connectivity index (χ1) is 13.7. The fourth-order valence-corrected chi connectivity index (χ4v) is 3.80. The van der Waals surface area contributed by atoms with Gasteiger partial charge in [-0.25, -0.2) is 14.4 Å². The fraction of sp³-hybridized carbons (Fsp3) is 0.450. The Labute approximate surface area is 164 Å². The normalized spacial score (nSPS) is 18.2. The van der Waals surface area contributed by atoms with Crippen LogP contribution in [0.5, 0.6) is 0 Å². The summed E-state index contributed by atoms with van der Waals surface area (Å²) >= 11 is 0. The highest BCUT2D eigenvalue weighted by molar-refractivity contribution is 5.61. The summed E-state index contributed by atoms with van der Waals surface area (Å²) < 4.78 is 14.3. The summed E-state index contributed by atoms with van der Waals surface area (Å²) in [7, 11) is 2.13. The molecule has 7 nitrogen and oxygen atoms in total. The van der Waals surface area contributed by atoms with Gasteiger partial charge in [0, 0.05) is 58.4 Å². The minimum Gasteiger partial charge on any atom is -0.365 e. The molecule has 0 spiro atoms. The second-order valence-electron chi connectivity index (χ2n) is 7.25. The number of likely N-dealkylation sites (N-methyl/N-ethyl adjacent to an activating group) is 1. The van der Waals surface area contributed by atoms with E-state index in [2.05, 4.69) is 37.8 Å². The lowest BCUT2D eigenvalue weighted by atomic mass is 10.1. The van der Waals surface area contributed by atoms with Crippen LogP contribution >= 0.6 is 0 Å². The molecule has 3 heterocycles. The summed E-state index contributed by atoms with van der Waals surface area (Å²) in [6.07, 6.45) is 1.63. The Morgan fingerprint density at radius 1 is 0.893 bits per heavy atom. The van der Waals surface area contributed by atoms with Gasteiger partial charge in [0.1, 0.15) is 29.8 Å². The molecule has 1 aromatic carbocycles.